The van der Waals surface area contributed by atoms with E-state index in [0.717, 1.165) is 16.8 Å². The van der Waals surface area contributed by atoms with Crippen LogP contribution < -0.4 is 0 Å². The quantitative estimate of drug-likeness (QED) is 0.755. The van der Waals surface area contributed by atoms with Crippen molar-refractivity contribution in [2.24, 2.45) is 0 Å². The average molecular weight is 250 g/mol. The molecule has 0 fully saturated rings. The normalized spacial score (nSPS) is 10.6. The van der Waals surface area contributed by atoms with Gasteiger partial charge in [-0.15, -0.1) is 0 Å². The number of nitrogens with zero attached hydrogens (tertiary/aromatic N) is 2. The van der Waals surface area contributed by atoms with Crippen molar-refractivity contribution in [3.05, 3.63) is 66.4 Å². The summed E-state index contributed by atoms with van der Waals surface area (Å²) in [5, 5.41) is 14.5. The van der Waals surface area contributed by atoms with Gasteiger partial charge in [0.15, 0.2) is 0 Å². The number of aryl methyl sites for hydroxylation is 1. The van der Waals surface area contributed by atoms with Gasteiger partial charge in [-0.25, -0.2) is 4.68 Å². The Bertz CT molecular complexity index is 702. The molecule has 1 aromatic heterocycles. The van der Waals surface area contributed by atoms with Crippen LogP contribution in [0.5, 0.6) is 5.75 Å². The third-order valence-electron chi connectivity index (χ3n) is 3.04. The fourth-order valence-corrected chi connectivity index (χ4v) is 2.05. The largest absolute Gasteiger partial charge is 0.506 e. The molecule has 1 N–H and O–H groups in total. The highest BCUT2D eigenvalue weighted by Gasteiger charge is 2.07. The maximum atomic E-state index is 9.96. The highest BCUT2D eigenvalue weighted by Crippen LogP contribution is 2.24. The van der Waals surface area contributed by atoms with E-state index in [9.17, 15) is 5.11 Å². The molecule has 0 atom stereocenters. The predicted molar refractivity (Wildman–Crippen MR) is 75.4 cm³/mol. The second kappa shape index (κ2) is 4.61. The summed E-state index contributed by atoms with van der Waals surface area (Å²) in [6.07, 6.45) is 1.85. The van der Waals surface area contributed by atoms with Crippen LogP contribution >= 0.6 is 0 Å². The fraction of sp³-hybridized carbons (Fsp3) is 0.0625. The average Bonchev–Trinajstić information content (AvgIpc) is 2.89. The molecule has 0 saturated heterocycles. The molecule has 1 heterocycles. The molecule has 0 aliphatic rings. The highest BCUT2D eigenvalue weighted by molar-refractivity contribution is 5.59. The second-order valence-corrected chi connectivity index (χ2v) is 4.50. The zero-order valence-electron chi connectivity index (χ0n) is 10.6. The molecular weight excluding hydrogens is 236 g/mol. The topological polar surface area (TPSA) is 38.0 Å². The zero-order chi connectivity index (χ0) is 13.2. The Morgan fingerprint density at radius 3 is 2.53 bits per heavy atom. The van der Waals surface area contributed by atoms with Gasteiger partial charge in [0.05, 0.1) is 5.69 Å². The van der Waals surface area contributed by atoms with E-state index in [4.69, 9.17) is 0 Å². The highest BCUT2D eigenvalue weighted by atomic mass is 16.3. The molecule has 3 heteroatoms. The number of benzene rings is 2. The van der Waals surface area contributed by atoms with Gasteiger partial charge in [0.1, 0.15) is 11.4 Å². The molecular formula is C16H14N2O. The Morgan fingerprint density at radius 1 is 1.00 bits per heavy atom. The molecule has 0 spiro atoms. The van der Waals surface area contributed by atoms with E-state index in [1.54, 1.807) is 10.7 Å². The third-order valence-corrected chi connectivity index (χ3v) is 3.04. The van der Waals surface area contributed by atoms with Crippen LogP contribution in [0.25, 0.3) is 16.9 Å². The summed E-state index contributed by atoms with van der Waals surface area (Å²) >= 11 is 0. The van der Waals surface area contributed by atoms with E-state index in [-0.39, 0.29) is 5.75 Å². The molecule has 0 bridgehead atoms. The van der Waals surface area contributed by atoms with E-state index in [2.05, 4.69) is 5.10 Å². The zero-order valence-corrected chi connectivity index (χ0v) is 10.6. The van der Waals surface area contributed by atoms with Crippen LogP contribution in [0.2, 0.25) is 0 Å². The first-order valence-electron chi connectivity index (χ1n) is 6.15. The van der Waals surface area contributed by atoms with Gasteiger partial charge in [-0.1, -0.05) is 36.4 Å². The molecule has 0 saturated carbocycles. The van der Waals surface area contributed by atoms with Crippen molar-refractivity contribution < 1.29 is 5.11 Å². The number of hydrogen-bond donors (Lipinski definition) is 1. The first-order chi connectivity index (χ1) is 9.24. The Labute approximate surface area is 111 Å². The summed E-state index contributed by atoms with van der Waals surface area (Å²) in [4.78, 5) is 0. The molecule has 2 aromatic carbocycles. The SMILES string of the molecule is Cc1ccc(-n2ccc(-c3ccccc3)n2)c(O)c1. The van der Waals surface area contributed by atoms with Crippen molar-refractivity contribution in [2.75, 3.05) is 0 Å². The van der Waals surface area contributed by atoms with Crippen LogP contribution in [-0.4, -0.2) is 14.9 Å². The van der Waals surface area contributed by atoms with Gasteiger partial charge >= 0.3 is 0 Å². The molecule has 0 aliphatic carbocycles. The summed E-state index contributed by atoms with van der Waals surface area (Å²) in [5.41, 5.74) is 3.66. The van der Waals surface area contributed by atoms with Gasteiger partial charge in [0.2, 0.25) is 0 Å². The van der Waals surface area contributed by atoms with Gasteiger partial charge < -0.3 is 5.11 Å². The molecule has 94 valence electrons. The molecule has 19 heavy (non-hydrogen) atoms. The van der Waals surface area contributed by atoms with Crippen LogP contribution in [0, 0.1) is 6.92 Å². The number of phenols is 1. The van der Waals surface area contributed by atoms with Crippen LogP contribution in [0.15, 0.2) is 60.8 Å². The lowest BCUT2D eigenvalue weighted by molar-refractivity contribution is 0.470. The number of phenolic OH excluding ortho intramolecular Hbond substituents is 1. The van der Waals surface area contributed by atoms with Crippen molar-refractivity contribution >= 4 is 0 Å². The van der Waals surface area contributed by atoms with E-state index >= 15 is 0 Å². The van der Waals surface area contributed by atoms with Crippen LogP contribution in [0.4, 0.5) is 0 Å². The van der Waals surface area contributed by atoms with Gasteiger partial charge in [-0.3, -0.25) is 0 Å². The molecule has 0 radical (unpaired) electrons. The first kappa shape index (κ1) is 11.5. The maximum absolute atomic E-state index is 9.96. The summed E-state index contributed by atoms with van der Waals surface area (Å²) in [6, 6.07) is 17.5. The standard InChI is InChI=1S/C16H14N2O/c1-12-7-8-15(16(19)11-12)18-10-9-14(17-18)13-5-3-2-4-6-13/h2-11,19H,1H3. The molecule has 0 amide bonds. The number of hydrogen-bond acceptors (Lipinski definition) is 2. The fourth-order valence-electron chi connectivity index (χ4n) is 2.05. The Balaban J connectivity index is 2.02. The van der Waals surface area contributed by atoms with E-state index < -0.39 is 0 Å². The Kier molecular flexibility index (Phi) is 2.80. The molecule has 0 aliphatic heterocycles. The Morgan fingerprint density at radius 2 is 1.79 bits per heavy atom. The molecule has 3 rings (SSSR count). The summed E-state index contributed by atoms with van der Waals surface area (Å²) in [7, 11) is 0. The van der Waals surface area contributed by atoms with Crippen molar-refractivity contribution in [2.45, 2.75) is 6.92 Å². The van der Waals surface area contributed by atoms with Crippen LogP contribution in [-0.2, 0) is 0 Å². The minimum atomic E-state index is 0.239. The number of aromatic hydroxyl groups is 1. The van der Waals surface area contributed by atoms with Gasteiger partial charge in [-0.05, 0) is 30.7 Å². The van der Waals surface area contributed by atoms with Crippen molar-refractivity contribution in [3.8, 4) is 22.7 Å². The minimum Gasteiger partial charge on any atom is -0.506 e. The lowest BCUT2D eigenvalue weighted by Gasteiger charge is -2.05. The number of rotatable bonds is 2. The minimum absolute atomic E-state index is 0.239. The van der Waals surface area contributed by atoms with E-state index in [1.807, 2.05) is 61.7 Å². The third kappa shape index (κ3) is 2.22. The van der Waals surface area contributed by atoms with Crippen molar-refractivity contribution in [3.63, 3.8) is 0 Å². The van der Waals surface area contributed by atoms with Crippen molar-refractivity contribution in [1.82, 2.24) is 9.78 Å². The van der Waals surface area contributed by atoms with Crippen LogP contribution in [0.3, 0.4) is 0 Å². The summed E-state index contributed by atoms with van der Waals surface area (Å²) in [6.45, 7) is 1.95. The van der Waals surface area contributed by atoms with Gasteiger partial charge in [0.25, 0.3) is 0 Å². The molecule has 3 nitrogen and oxygen atoms in total. The van der Waals surface area contributed by atoms with E-state index in [0.29, 0.717) is 5.69 Å². The maximum Gasteiger partial charge on any atom is 0.141 e. The monoisotopic (exact) mass is 250 g/mol. The van der Waals surface area contributed by atoms with Gasteiger partial charge in [0, 0.05) is 11.8 Å². The summed E-state index contributed by atoms with van der Waals surface area (Å²) in [5.74, 6) is 0.239. The summed E-state index contributed by atoms with van der Waals surface area (Å²) < 4.78 is 1.69. The van der Waals surface area contributed by atoms with Crippen molar-refractivity contribution in [1.29, 1.82) is 0 Å². The predicted octanol–water partition coefficient (Wildman–Crippen LogP) is 3.55. The lowest BCUT2D eigenvalue weighted by atomic mass is 10.2. The lowest BCUT2D eigenvalue weighted by Crippen LogP contribution is -1.95. The van der Waals surface area contributed by atoms with E-state index in [1.165, 1.54) is 0 Å². The van der Waals surface area contributed by atoms with Gasteiger partial charge in [-0.2, -0.15) is 5.10 Å². The molecule has 0 unspecified atom stereocenters. The second-order valence-electron chi connectivity index (χ2n) is 4.50. The Hall–Kier alpha value is -2.55. The first-order valence-corrected chi connectivity index (χ1v) is 6.15. The van der Waals surface area contributed by atoms with Crippen LogP contribution in [0.1, 0.15) is 5.56 Å². The smallest absolute Gasteiger partial charge is 0.141 e. The molecule has 3 aromatic rings. The number of aromatic nitrogens is 2.